The van der Waals surface area contributed by atoms with Gasteiger partial charge in [0.1, 0.15) is 11.5 Å². The van der Waals surface area contributed by atoms with Crippen molar-refractivity contribution in [1.82, 2.24) is 10.2 Å². The Balaban J connectivity index is 0.00000240. The SMILES string of the molecule is Cl.Cl.O=[N+]([O-])c1ccc(Cl)c(O)c1[C@@H](c1ccc(OC(F)(F)F)cc1)N1CCNCC1. The molecule has 1 aliphatic rings. The van der Waals surface area contributed by atoms with E-state index in [2.05, 4.69) is 10.1 Å². The van der Waals surface area contributed by atoms with Gasteiger partial charge in [-0.25, -0.2) is 0 Å². The molecule has 0 saturated carbocycles. The zero-order valence-electron chi connectivity index (χ0n) is 15.8. The molecule has 2 aromatic rings. The summed E-state index contributed by atoms with van der Waals surface area (Å²) in [5, 5.41) is 25.2. The van der Waals surface area contributed by atoms with Crippen LogP contribution in [0.25, 0.3) is 0 Å². The van der Waals surface area contributed by atoms with Crippen LogP contribution in [0.5, 0.6) is 11.5 Å². The van der Waals surface area contributed by atoms with Crippen LogP contribution in [-0.2, 0) is 0 Å². The summed E-state index contributed by atoms with van der Waals surface area (Å²) in [6.07, 6.45) is -4.83. The molecule has 7 nitrogen and oxygen atoms in total. The summed E-state index contributed by atoms with van der Waals surface area (Å²) in [5.41, 5.74) is 0.127. The van der Waals surface area contributed by atoms with E-state index in [0.29, 0.717) is 31.7 Å². The van der Waals surface area contributed by atoms with Crippen molar-refractivity contribution in [2.24, 2.45) is 0 Å². The number of hydrogen-bond donors (Lipinski definition) is 2. The van der Waals surface area contributed by atoms with E-state index in [1.807, 2.05) is 4.90 Å². The molecule has 1 fully saturated rings. The number of phenols is 1. The van der Waals surface area contributed by atoms with Crippen LogP contribution in [-0.4, -0.2) is 47.5 Å². The molecule has 1 saturated heterocycles. The molecule has 0 spiro atoms. The molecule has 31 heavy (non-hydrogen) atoms. The summed E-state index contributed by atoms with van der Waals surface area (Å²) in [6.45, 7) is 2.24. The van der Waals surface area contributed by atoms with Crippen molar-refractivity contribution in [2.45, 2.75) is 12.4 Å². The van der Waals surface area contributed by atoms with Crippen LogP contribution in [0.3, 0.4) is 0 Å². The van der Waals surface area contributed by atoms with Gasteiger partial charge in [0.2, 0.25) is 0 Å². The highest BCUT2D eigenvalue weighted by molar-refractivity contribution is 6.32. The summed E-state index contributed by atoms with van der Waals surface area (Å²) in [5.74, 6) is -0.842. The van der Waals surface area contributed by atoms with Gasteiger partial charge in [-0.2, -0.15) is 0 Å². The molecule has 1 atom stereocenters. The van der Waals surface area contributed by atoms with Gasteiger partial charge in [0.15, 0.2) is 0 Å². The van der Waals surface area contributed by atoms with Crippen LogP contribution in [0, 0.1) is 10.1 Å². The van der Waals surface area contributed by atoms with Crippen LogP contribution >= 0.6 is 36.4 Å². The first-order valence-electron chi connectivity index (χ1n) is 8.63. The second kappa shape index (κ2) is 11.1. The van der Waals surface area contributed by atoms with Gasteiger partial charge in [-0.1, -0.05) is 23.7 Å². The fourth-order valence-corrected chi connectivity index (χ4v) is 3.52. The third-order valence-electron chi connectivity index (χ3n) is 4.56. The fraction of sp³-hybridized carbons (Fsp3) is 0.333. The number of halogens is 6. The highest BCUT2D eigenvalue weighted by atomic mass is 35.5. The van der Waals surface area contributed by atoms with Crippen LogP contribution in [0.15, 0.2) is 36.4 Å². The predicted molar refractivity (Wildman–Crippen MR) is 114 cm³/mol. The molecular weight excluding hydrogens is 486 g/mol. The topological polar surface area (TPSA) is 87.9 Å². The smallest absolute Gasteiger partial charge is 0.506 e. The monoisotopic (exact) mass is 503 g/mol. The van der Waals surface area contributed by atoms with Crippen LogP contribution < -0.4 is 10.1 Å². The number of nitrogens with one attached hydrogen (secondary N) is 1. The average Bonchev–Trinajstić information content (AvgIpc) is 2.66. The Labute approximate surface area is 193 Å². The zero-order chi connectivity index (χ0) is 21.2. The van der Waals surface area contributed by atoms with Gasteiger partial charge in [-0.3, -0.25) is 15.0 Å². The lowest BCUT2D eigenvalue weighted by molar-refractivity contribution is -0.386. The van der Waals surface area contributed by atoms with Crippen molar-refractivity contribution in [1.29, 1.82) is 0 Å². The number of alkyl halides is 3. The molecule has 0 unspecified atom stereocenters. The number of benzene rings is 2. The molecule has 1 heterocycles. The van der Waals surface area contributed by atoms with E-state index in [-0.39, 0.29) is 41.1 Å². The molecule has 1 aliphatic heterocycles. The van der Waals surface area contributed by atoms with Gasteiger partial charge in [-0.15, -0.1) is 38.0 Å². The molecule has 0 radical (unpaired) electrons. The molecule has 0 aromatic heterocycles. The maximum Gasteiger partial charge on any atom is 0.573 e. The normalized spacial score (nSPS) is 15.4. The molecule has 0 amide bonds. The largest absolute Gasteiger partial charge is 0.573 e. The summed E-state index contributed by atoms with van der Waals surface area (Å²) in [4.78, 5) is 12.9. The summed E-state index contributed by atoms with van der Waals surface area (Å²) < 4.78 is 41.2. The fourth-order valence-electron chi connectivity index (χ4n) is 3.35. The third-order valence-corrected chi connectivity index (χ3v) is 4.87. The Morgan fingerprint density at radius 2 is 1.71 bits per heavy atom. The number of phenolic OH excluding ortho intramolecular Hbond substituents is 1. The van der Waals surface area contributed by atoms with Crippen molar-refractivity contribution in [3.05, 3.63) is 62.7 Å². The molecule has 13 heteroatoms. The summed E-state index contributed by atoms with van der Waals surface area (Å²) in [6, 6.07) is 6.68. The standard InChI is InChI=1S/C18H17ClF3N3O4.2ClH/c19-13-5-6-14(25(27)28)15(17(13)26)16(24-9-7-23-8-10-24)11-1-3-12(4-2-11)29-18(20,21)22;;/h1-6,16,23,26H,7-10H2;2*1H/t16-;;/m1../s1. The van der Waals surface area contributed by atoms with Gasteiger partial charge in [0, 0.05) is 32.2 Å². The second-order valence-electron chi connectivity index (χ2n) is 6.39. The van der Waals surface area contributed by atoms with Crippen molar-refractivity contribution in [2.75, 3.05) is 26.2 Å². The van der Waals surface area contributed by atoms with E-state index in [1.54, 1.807) is 0 Å². The minimum absolute atomic E-state index is 0. The van der Waals surface area contributed by atoms with Gasteiger partial charge < -0.3 is 15.2 Å². The second-order valence-corrected chi connectivity index (χ2v) is 6.80. The predicted octanol–water partition coefficient (Wildman–Crippen LogP) is 4.69. The molecule has 172 valence electrons. The van der Waals surface area contributed by atoms with E-state index in [0.717, 1.165) is 12.1 Å². The number of hydrogen-bond acceptors (Lipinski definition) is 6. The van der Waals surface area contributed by atoms with Crippen LogP contribution in [0.4, 0.5) is 18.9 Å². The third kappa shape index (κ3) is 6.50. The Bertz CT molecular complexity index is 895. The maximum absolute atomic E-state index is 12.4. The number of ether oxygens (including phenoxy) is 1. The van der Waals surface area contributed by atoms with E-state index in [1.165, 1.54) is 24.3 Å². The molecule has 2 N–H and O–H groups in total. The average molecular weight is 505 g/mol. The number of rotatable bonds is 5. The number of aromatic hydroxyl groups is 1. The number of piperazine rings is 1. The Hall–Kier alpha value is -1.98. The molecule has 3 rings (SSSR count). The first kappa shape index (κ1) is 27.1. The van der Waals surface area contributed by atoms with Crippen molar-refractivity contribution >= 4 is 42.1 Å². The summed E-state index contributed by atoms with van der Waals surface area (Å²) >= 11 is 6.01. The maximum atomic E-state index is 12.4. The summed E-state index contributed by atoms with van der Waals surface area (Å²) in [7, 11) is 0. The Morgan fingerprint density at radius 1 is 1.13 bits per heavy atom. The lowest BCUT2D eigenvalue weighted by atomic mass is 9.94. The lowest BCUT2D eigenvalue weighted by Gasteiger charge is -2.35. The van der Waals surface area contributed by atoms with Crippen molar-refractivity contribution < 1.29 is 27.9 Å². The van der Waals surface area contributed by atoms with E-state index in [9.17, 15) is 28.4 Å². The van der Waals surface area contributed by atoms with Crippen LogP contribution in [0.2, 0.25) is 5.02 Å². The number of nitrogens with zero attached hydrogens (tertiary/aromatic N) is 2. The van der Waals surface area contributed by atoms with Crippen LogP contribution in [0.1, 0.15) is 17.2 Å². The lowest BCUT2D eigenvalue weighted by Crippen LogP contribution is -2.45. The van der Waals surface area contributed by atoms with Gasteiger partial charge in [-0.05, 0) is 23.8 Å². The van der Waals surface area contributed by atoms with Crippen molar-refractivity contribution in [3.63, 3.8) is 0 Å². The first-order valence-corrected chi connectivity index (χ1v) is 9.01. The van der Waals surface area contributed by atoms with E-state index < -0.39 is 28.8 Å². The highest BCUT2D eigenvalue weighted by Gasteiger charge is 2.34. The number of nitro groups is 1. The van der Waals surface area contributed by atoms with Gasteiger partial charge in [0.25, 0.3) is 5.69 Å². The zero-order valence-corrected chi connectivity index (χ0v) is 18.2. The van der Waals surface area contributed by atoms with Gasteiger partial charge >= 0.3 is 6.36 Å². The minimum Gasteiger partial charge on any atom is -0.506 e. The molecule has 0 aliphatic carbocycles. The van der Waals surface area contributed by atoms with Gasteiger partial charge in [0.05, 0.1) is 21.6 Å². The molecule has 2 aromatic carbocycles. The van der Waals surface area contributed by atoms with E-state index >= 15 is 0 Å². The first-order chi connectivity index (χ1) is 13.7. The highest BCUT2D eigenvalue weighted by Crippen LogP contribution is 2.44. The minimum atomic E-state index is -4.83. The number of nitro benzene ring substituents is 1. The van der Waals surface area contributed by atoms with Crippen molar-refractivity contribution in [3.8, 4) is 11.5 Å². The molecule has 0 bridgehead atoms. The van der Waals surface area contributed by atoms with E-state index in [4.69, 9.17) is 11.6 Å². The quantitative estimate of drug-likeness (QED) is 0.454. The Morgan fingerprint density at radius 3 is 2.23 bits per heavy atom. The molecular formula is C18H19Cl3F3N3O4. The Kier molecular flexibility index (Phi) is 9.65.